The van der Waals surface area contributed by atoms with Gasteiger partial charge in [-0.05, 0) is 49.2 Å². The molecule has 0 aliphatic carbocycles. The third kappa shape index (κ3) is 3.82. The van der Waals surface area contributed by atoms with E-state index in [4.69, 9.17) is 32.5 Å². The van der Waals surface area contributed by atoms with Crippen molar-refractivity contribution in [3.05, 3.63) is 57.6 Å². The van der Waals surface area contributed by atoms with E-state index in [0.29, 0.717) is 21.5 Å². The molecular formula is C14H13BCl2O2. The van der Waals surface area contributed by atoms with Crippen LogP contribution in [0.1, 0.15) is 11.1 Å². The maximum absolute atomic E-state index is 6.06. The smallest absolute Gasteiger partial charge is 0.527 e. The summed E-state index contributed by atoms with van der Waals surface area (Å²) in [7, 11) is 0.0611. The lowest BCUT2D eigenvalue weighted by Crippen LogP contribution is -2.11. The van der Waals surface area contributed by atoms with Gasteiger partial charge in [0.25, 0.3) is 0 Å². The first kappa shape index (κ1) is 14.1. The largest absolute Gasteiger partial charge is 0.576 e. The Kier molecular flexibility index (Phi) is 4.62. The fourth-order valence-electron chi connectivity index (χ4n) is 1.60. The van der Waals surface area contributed by atoms with Crippen molar-refractivity contribution in [1.82, 2.24) is 0 Å². The van der Waals surface area contributed by atoms with E-state index >= 15 is 0 Å². The van der Waals surface area contributed by atoms with Crippen LogP contribution in [-0.2, 0) is 0 Å². The standard InChI is InChI=1S/C14H13BCl2O2/c1-9-3-5-13(11(16)7-9)18-15-19-14-6-4-10(2)8-12(14)17/h3-8,15H,1-2H3. The Morgan fingerprint density at radius 1 is 0.789 bits per heavy atom. The van der Waals surface area contributed by atoms with Crippen LogP contribution < -0.4 is 9.31 Å². The number of halogens is 2. The van der Waals surface area contributed by atoms with E-state index in [1.807, 2.05) is 50.2 Å². The van der Waals surface area contributed by atoms with Crippen molar-refractivity contribution in [2.75, 3.05) is 0 Å². The highest BCUT2D eigenvalue weighted by Gasteiger charge is 2.06. The molecule has 98 valence electrons. The number of benzene rings is 2. The second-order valence-corrected chi connectivity index (χ2v) is 5.09. The summed E-state index contributed by atoms with van der Waals surface area (Å²) in [5.74, 6) is 1.19. The summed E-state index contributed by atoms with van der Waals surface area (Å²) in [4.78, 5) is 0. The van der Waals surface area contributed by atoms with Gasteiger partial charge in [0, 0.05) is 0 Å². The van der Waals surface area contributed by atoms with Gasteiger partial charge in [-0.15, -0.1) is 0 Å². The molecule has 0 aliphatic heterocycles. The molecule has 0 saturated carbocycles. The van der Waals surface area contributed by atoms with Gasteiger partial charge in [0.05, 0.1) is 10.0 Å². The van der Waals surface area contributed by atoms with Crippen molar-refractivity contribution < 1.29 is 9.31 Å². The Morgan fingerprint density at radius 3 is 1.58 bits per heavy atom. The molecule has 2 aromatic carbocycles. The maximum Gasteiger partial charge on any atom is 0.576 e. The molecule has 0 saturated heterocycles. The molecule has 0 atom stereocenters. The molecule has 0 aliphatic rings. The monoisotopic (exact) mass is 294 g/mol. The van der Waals surface area contributed by atoms with E-state index in [9.17, 15) is 0 Å². The van der Waals surface area contributed by atoms with Gasteiger partial charge >= 0.3 is 7.69 Å². The summed E-state index contributed by atoms with van der Waals surface area (Å²) >= 11 is 12.1. The Balaban J connectivity index is 1.96. The lowest BCUT2D eigenvalue weighted by molar-refractivity contribution is 0.459. The highest BCUT2D eigenvalue weighted by Crippen LogP contribution is 2.27. The van der Waals surface area contributed by atoms with Gasteiger partial charge < -0.3 is 9.31 Å². The topological polar surface area (TPSA) is 18.5 Å². The molecule has 2 aromatic rings. The molecule has 0 amide bonds. The summed E-state index contributed by atoms with van der Waals surface area (Å²) < 4.78 is 10.9. The lowest BCUT2D eigenvalue weighted by Gasteiger charge is -2.10. The summed E-state index contributed by atoms with van der Waals surface area (Å²) in [5.41, 5.74) is 2.17. The second kappa shape index (κ2) is 6.22. The number of hydrogen-bond acceptors (Lipinski definition) is 2. The van der Waals surface area contributed by atoms with Crippen molar-refractivity contribution in [3.8, 4) is 11.5 Å². The highest BCUT2D eigenvalue weighted by atomic mass is 35.5. The zero-order valence-corrected chi connectivity index (χ0v) is 12.3. The Labute approximate surface area is 123 Å². The van der Waals surface area contributed by atoms with Crippen LogP contribution in [0.25, 0.3) is 0 Å². The molecule has 2 nitrogen and oxygen atoms in total. The van der Waals surface area contributed by atoms with Gasteiger partial charge in [-0.3, -0.25) is 0 Å². The third-order valence-corrected chi connectivity index (χ3v) is 3.19. The first-order valence-corrected chi connectivity index (χ1v) is 6.60. The predicted octanol–water partition coefficient (Wildman–Crippen LogP) is 4.33. The fourth-order valence-corrected chi connectivity index (χ4v) is 2.18. The van der Waals surface area contributed by atoms with Crippen LogP contribution in [0.5, 0.6) is 11.5 Å². The Morgan fingerprint density at radius 2 is 1.21 bits per heavy atom. The minimum absolute atomic E-state index is 0.0611. The first-order valence-electron chi connectivity index (χ1n) is 5.84. The molecule has 0 fully saturated rings. The third-order valence-electron chi connectivity index (χ3n) is 2.60. The van der Waals surface area contributed by atoms with E-state index in [-0.39, 0.29) is 7.69 Å². The molecular weight excluding hydrogens is 282 g/mol. The predicted molar refractivity (Wildman–Crippen MR) is 80.8 cm³/mol. The molecule has 5 heteroatoms. The molecule has 0 bridgehead atoms. The molecule has 0 aromatic heterocycles. The first-order chi connectivity index (χ1) is 9.06. The van der Waals surface area contributed by atoms with Crippen molar-refractivity contribution in [3.63, 3.8) is 0 Å². The van der Waals surface area contributed by atoms with Crippen molar-refractivity contribution >= 4 is 30.9 Å². The van der Waals surface area contributed by atoms with Crippen LogP contribution in [0.2, 0.25) is 10.0 Å². The summed E-state index contributed by atoms with van der Waals surface area (Å²) in [6.45, 7) is 3.94. The van der Waals surface area contributed by atoms with Crippen molar-refractivity contribution in [2.24, 2.45) is 0 Å². The summed E-state index contributed by atoms with van der Waals surface area (Å²) in [6.07, 6.45) is 0. The molecule has 0 radical (unpaired) electrons. The minimum atomic E-state index is 0.0611. The van der Waals surface area contributed by atoms with E-state index in [1.165, 1.54) is 0 Å². The molecule has 0 heterocycles. The highest BCUT2D eigenvalue weighted by molar-refractivity contribution is 6.33. The molecule has 2 rings (SSSR count). The SMILES string of the molecule is Cc1ccc(OBOc2ccc(C)cc2Cl)c(Cl)c1. The van der Waals surface area contributed by atoms with Crippen molar-refractivity contribution in [2.45, 2.75) is 13.8 Å². The van der Waals surface area contributed by atoms with E-state index in [0.717, 1.165) is 11.1 Å². The van der Waals surface area contributed by atoms with Crippen LogP contribution in [0.15, 0.2) is 36.4 Å². The van der Waals surface area contributed by atoms with Gasteiger partial charge in [-0.1, -0.05) is 35.3 Å². The molecule has 0 N–H and O–H groups in total. The van der Waals surface area contributed by atoms with Gasteiger partial charge in [0.1, 0.15) is 11.5 Å². The van der Waals surface area contributed by atoms with Gasteiger partial charge in [0.2, 0.25) is 0 Å². The normalized spacial score (nSPS) is 10.1. The Hall–Kier alpha value is -1.32. The fraction of sp³-hybridized carbons (Fsp3) is 0.143. The van der Waals surface area contributed by atoms with E-state index < -0.39 is 0 Å². The van der Waals surface area contributed by atoms with Gasteiger partial charge in [-0.2, -0.15) is 0 Å². The van der Waals surface area contributed by atoms with Crippen LogP contribution in [0.3, 0.4) is 0 Å². The molecule has 19 heavy (non-hydrogen) atoms. The zero-order chi connectivity index (χ0) is 13.8. The van der Waals surface area contributed by atoms with E-state index in [1.54, 1.807) is 0 Å². The minimum Gasteiger partial charge on any atom is -0.527 e. The summed E-state index contributed by atoms with van der Waals surface area (Å²) in [5, 5.41) is 1.14. The van der Waals surface area contributed by atoms with Gasteiger partial charge in [0.15, 0.2) is 0 Å². The van der Waals surface area contributed by atoms with E-state index in [2.05, 4.69) is 0 Å². The van der Waals surface area contributed by atoms with Gasteiger partial charge in [-0.25, -0.2) is 0 Å². The van der Waals surface area contributed by atoms with Crippen LogP contribution in [0, 0.1) is 13.8 Å². The Bertz CT molecular complexity index is 536. The quantitative estimate of drug-likeness (QED) is 0.781. The zero-order valence-electron chi connectivity index (χ0n) is 10.7. The summed E-state index contributed by atoms with van der Waals surface area (Å²) in [6, 6.07) is 11.2. The number of rotatable bonds is 4. The van der Waals surface area contributed by atoms with Crippen LogP contribution in [-0.4, -0.2) is 7.69 Å². The average Bonchev–Trinajstić information content (AvgIpc) is 2.34. The second-order valence-electron chi connectivity index (χ2n) is 4.27. The average molecular weight is 295 g/mol. The van der Waals surface area contributed by atoms with Crippen LogP contribution in [0.4, 0.5) is 0 Å². The molecule has 0 spiro atoms. The number of hydrogen-bond donors (Lipinski definition) is 0. The number of aryl methyl sites for hydroxylation is 2. The maximum atomic E-state index is 6.06. The van der Waals surface area contributed by atoms with Crippen LogP contribution >= 0.6 is 23.2 Å². The lowest BCUT2D eigenvalue weighted by atomic mass is 10.2. The molecule has 0 unspecified atom stereocenters. The van der Waals surface area contributed by atoms with Crippen molar-refractivity contribution in [1.29, 1.82) is 0 Å².